The monoisotopic (exact) mass is 250 g/mol. The summed E-state index contributed by atoms with van der Waals surface area (Å²) in [5.74, 6) is 0.0442. The summed E-state index contributed by atoms with van der Waals surface area (Å²) in [6, 6.07) is 2.44. The van der Waals surface area contributed by atoms with Crippen LogP contribution in [0, 0.1) is 16.7 Å². The van der Waals surface area contributed by atoms with E-state index in [1.165, 1.54) is 0 Å². The minimum Gasteiger partial charge on any atom is -0.377 e. The van der Waals surface area contributed by atoms with Crippen molar-refractivity contribution in [3.63, 3.8) is 0 Å². The third-order valence-electron chi connectivity index (χ3n) is 4.21. The Labute approximate surface area is 109 Å². The Hall–Kier alpha value is -1.08. The molecule has 1 saturated carbocycles. The summed E-state index contributed by atoms with van der Waals surface area (Å²) in [7, 11) is 0. The molecular formula is C14H22N2O2. The van der Waals surface area contributed by atoms with Gasteiger partial charge in [0, 0.05) is 6.54 Å². The van der Waals surface area contributed by atoms with Crippen LogP contribution in [0.4, 0.5) is 0 Å². The van der Waals surface area contributed by atoms with Crippen LogP contribution < -0.4 is 0 Å². The number of ether oxygens (including phenoxy) is 1. The van der Waals surface area contributed by atoms with Crippen molar-refractivity contribution < 1.29 is 9.53 Å². The summed E-state index contributed by atoms with van der Waals surface area (Å²) in [6.45, 7) is 3.81. The average Bonchev–Trinajstić information content (AvgIpc) is 2.65. The molecule has 4 heteroatoms. The first-order valence-corrected chi connectivity index (χ1v) is 7.00. The van der Waals surface area contributed by atoms with Crippen LogP contribution in [0.3, 0.4) is 0 Å². The highest BCUT2D eigenvalue weighted by atomic mass is 16.5. The van der Waals surface area contributed by atoms with Gasteiger partial charge in [0.25, 0.3) is 0 Å². The van der Waals surface area contributed by atoms with E-state index in [-0.39, 0.29) is 11.9 Å². The highest BCUT2D eigenvalue weighted by Gasteiger charge is 2.43. The first-order valence-electron chi connectivity index (χ1n) is 7.00. The quantitative estimate of drug-likeness (QED) is 0.670. The van der Waals surface area contributed by atoms with Gasteiger partial charge >= 0.3 is 0 Å². The normalized spacial score (nSPS) is 28.2. The number of carbonyl (C=O) groups is 1. The largest absolute Gasteiger partial charge is 0.377 e. The fraction of sp³-hybridized carbons (Fsp3) is 0.857. The van der Waals surface area contributed by atoms with Crippen molar-refractivity contribution in [1.82, 2.24) is 4.90 Å². The summed E-state index contributed by atoms with van der Waals surface area (Å²) in [5, 5.41) is 9.53. The van der Waals surface area contributed by atoms with Gasteiger partial charge in [0.15, 0.2) is 0 Å². The van der Waals surface area contributed by atoms with Gasteiger partial charge in [0.1, 0.15) is 5.41 Å². The van der Waals surface area contributed by atoms with Crippen molar-refractivity contribution in [2.45, 2.75) is 51.5 Å². The summed E-state index contributed by atoms with van der Waals surface area (Å²) >= 11 is 0. The maximum Gasteiger partial charge on any atom is 0.243 e. The third kappa shape index (κ3) is 2.51. The van der Waals surface area contributed by atoms with Crippen LogP contribution in [0.1, 0.15) is 45.4 Å². The molecule has 1 heterocycles. The van der Waals surface area contributed by atoms with Crippen molar-refractivity contribution >= 4 is 5.91 Å². The molecule has 4 nitrogen and oxygen atoms in total. The van der Waals surface area contributed by atoms with Gasteiger partial charge in [-0.1, -0.05) is 25.7 Å². The molecule has 0 aromatic carbocycles. The summed E-state index contributed by atoms with van der Waals surface area (Å²) in [5.41, 5.74) is -0.762. The lowest BCUT2D eigenvalue weighted by atomic mass is 9.80. The lowest BCUT2D eigenvalue weighted by molar-refractivity contribution is -0.147. The van der Waals surface area contributed by atoms with E-state index in [1.54, 1.807) is 0 Å². The van der Waals surface area contributed by atoms with Crippen LogP contribution in [0.2, 0.25) is 0 Å². The molecule has 0 bridgehead atoms. The Bertz CT molecular complexity index is 340. The second kappa shape index (κ2) is 5.71. The van der Waals surface area contributed by atoms with E-state index in [1.807, 2.05) is 11.8 Å². The van der Waals surface area contributed by atoms with Crippen LogP contribution >= 0.6 is 0 Å². The Morgan fingerprint density at radius 3 is 2.56 bits per heavy atom. The molecule has 0 aromatic rings. The zero-order valence-electron chi connectivity index (χ0n) is 11.2. The molecule has 18 heavy (non-hydrogen) atoms. The standard InChI is InChI=1S/C14H22N2O2/c1-12-10-18-9-8-16(12)13(17)14(11-15)6-4-2-3-5-7-14/h12H,2-10H2,1H3/t12-/m1/s1. The molecule has 100 valence electrons. The minimum absolute atomic E-state index is 0.0442. The lowest BCUT2D eigenvalue weighted by Crippen LogP contribution is -2.52. The molecule has 2 rings (SSSR count). The zero-order valence-corrected chi connectivity index (χ0v) is 11.2. The van der Waals surface area contributed by atoms with Crippen molar-refractivity contribution in [3.05, 3.63) is 0 Å². The first kappa shape index (κ1) is 13.4. The van der Waals surface area contributed by atoms with E-state index in [9.17, 15) is 10.1 Å². The van der Waals surface area contributed by atoms with Crippen LogP contribution in [-0.2, 0) is 9.53 Å². The van der Waals surface area contributed by atoms with Gasteiger partial charge in [-0.2, -0.15) is 5.26 Å². The average molecular weight is 250 g/mol. The van der Waals surface area contributed by atoms with Crippen molar-refractivity contribution in [3.8, 4) is 6.07 Å². The molecule has 2 fully saturated rings. The Balaban J connectivity index is 2.15. The Morgan fingerprint density at radius 1 is 1.33 bits per heavy atom. The van der Waals surface area contributed by atoms with E-state index in [0.29, 0.717) is 19.8 Å². The van der Waals surface area contributed by atoms with Gasteiger partial charge in [-0.25, -0.2) is 0 Å². The molecule has 1 saturated heterocycles. The predicted octanol–water partition coefficient (Wildman–Crippen LogP) is 2.10. The fourth-order valence-corrected chi connectivity index (χ4v) is 3.01. The third-order valence-corrected chi connectivity index (χ3v) is 4.21. The zero-order chi connectivity index (χ0) is 13.0. The van der Waals surface area contributed by atoms with Gasteiger partial charge in [0.05, 0.1) is 25.3 Å². The molecule has 1 atom stereocenters. The predicted molar refractivity (Wildman–Crippen MR) is 67.7 cm³/mol. The molecular weight excluding hydrogens is 228 g/mol. The second-order valence-electron chi connectivity index (χ2n) is 5.53. The molecule has 2 aliphatic rings. The SMILES string of the molecule is C[C@@H]1COCCN1C(=O)C1(C#N)CCCCCC1. The molecule has 0 unspecified atom stereocenters. The van der Waals surface area contributed by atoms with Crippen LogP contribution in [0.25, 0.3) is 0 Å². The molecule has 1 aliphatic heterocycles. The first-order chi connectivity index (χ1) is 8.69. The van der Waals surface area contributed by atoms with Gasteiger partial charge in [-0.3, -0.25) is 4.79 Å². The van der Waals surface area contributed by atoms with Gasteiger partial charge in [0.2, 0.25) is 5.91 Å². The molecule has 0 spiro atoms. The molecule has 1 aliphatic carbocycles. The summed E-state index contributed by atoms with van der Waals surface area (Å²) in [4.78, 5) is 14.6. The van der Waals surface area contributed by atoms with Crippen molar-refractivity contribution in [2.75, 3.05) is 19.8 Å². The fourth-order valence-electron chi connectivity index (χ4n) is 3.01. The Morgan fingerprint density at radius 2 is 2.00 bits per heavy atom. The van der Waals surface area contributed by atoms with E-state index in [0.717, 1.165) is 38.5 Å². The highest BCUT2D eigenvalue weighted by molar-refractivity contribution is 5.85. The second-order valence-corrected chi connectivity index (χ2v) is 5.53. The number of nitriles is 1. The van der Waals surface area contributed by atoms with Crippen molar-refractivity contribution in [2.24, 2.45) is 5.41 Å². The van der Waals surface area contributed by atoms with E-state index in [2.05, 4.69) is 6.07 Å². The molecule has 0 N–H and O–H groups in total. The number of carbonyl (C=O) groups excluding carboxylic acids is 1. The number of rotatable bonds is 1. The number of hydrogen-bond donors (Lipinski definition) is 0. The van der Waals surface area contributed by atoms with Gasteiger partial charge < -0.3 is 9.64 Å². The van der Waals surface area contributed by atoms with Crippen molar-refractivity contribution in [1.29, 1.82) is 5.26 Å². The smallest absolute Gasteiger partial charge is 0.243 e. The van der Waals surface area contributed by atoms with Crippen LogP contribution in [0.15, 0.2) is 0 Å². The van der Waals surface area contributed by atoms with Gasteiger partial charge in [-0.15, -0.1) is 0 Å². The maximum absolute atomic E-state index is 12.7. The minimum atomic E-state index is -0.762. The summed E-state index contributed by atoms with van der Waals surface area (Å²) < 4.78 is 5.36. The highest BCUT2D eigenvalue weighted by Crippen LogP contribution is 2.37. The molecule has 0 aromatic heterocycles. The van der Waals surface area contributed by atoms with E-state index >= 15 is 0 Å². The topological polar surface area (TPSA) is 53.3 Å². The lowest BCUT2D eigenvalue weighted by Gasteiger charge is -2.38. The maximum atomic E-state index is 12.7. The van der Waals surface area contributed by atoms with E-state index < -0.39 is 5.41 Å². The number of morpholine rings is 1. The summed E-state index contributed by atoms with van der Waals surface area (Å²) in [6.07, 6.45) is 5.75. The number of hydrogen-bond acceptors (Lipinski definition) is 3. The molecule has 0 radical (unpaired) electrons. The number of nitrogens with zero attached hydrogens (tertiary/aromatic N) is 2. The van der Waals surface area contributed by atoms with Gasteiger partial charge in [-0.05, 0) is 19.8 Å². The molecule has 1 amide bonds. The van der Waals surface area contributed by atoms with Crippen LogP contribution in [0.5, 0.6) is 0 Å². The van der Waals surface area contributed by atoms with E-state index in [4.69, 9.17) is 4.74 Å². The Kier molecular flexibility index (Phi) is 4.23. The number of amides is 1. The van der Waals surface area contributed by atoms with Crippen LogP contribution in [-0.4, -0.2) is 36.6 Å².